The van der Waals surface area contributed by atoms with Crippen molar-refractivity contribution in [2.45, 2.75) is 31.7 Å². The quantitative estimate of drug-likeness (QED) is 0.344. The number of carbonyl (C=O) groups excluding carboxylic acids is 2. The molecule has 1 aliphatic rings. The molecule has 1 aliphatic heterocycles. The molecule has 1 fully saturated rings. The molecule has 2 heterocycles. The lowest BCUT2D eigenvalue weighted by Gasteiger charge is -2.23. The van der Waals surface area contributed by atoms with Crippen LogP contribution in [0.5, 0.6) is 0 Å². The molecule has 1 saturated heterocycles. The largest absolute Gasteiger partial charge is 0.507 e. The number of nitrogens with two attached hydrogens (primary N) is 1. The molecule has 0 aliphatic carbocycles. The van der Waals surface area contributed by atoms with E-state index in [2.05, 4.69) is 0 Å². The summed E-state index contributed by atoms with van der Waals surface area (Å²) in [4.78, 5) is 27.3. The van der Waals surface area contributed by atoms with Gasteiger partial charge < -0.3 is 9.52 Å². The van der Waals surface area contributed by atoms with Crippen LogP contribution >= 0.6 is 0 Å². The number of benzene rings is 2. The highest BCUT2D eigenvalue weighted by atomic mass is 32.2. The first-order valence-corrected chi connectivity index (χ1v) is 11.6. The Hall–Kier alpha value is -3.69. The minimum atomic E-state index is -3.94. The Kier molecular flexibility index (Phi) is 5.47. The van der Waals surface area contributed by atoms with Crippen LogP contribution in [0.2, 0.25) is 0 Å². The molecule has 1 amide bonds. The number of carbonyl (C=O) groups is 2. The van der Waals surface area contributed by atoms with E-state index in [0.29, 0.717) is 11.3 Å². The van der Waals surface area contributed by atoms with Crippen LogP contribution in [-0.2, 0) is 19.6 Å². The van der Waals surface area contributed by atoms with Gasteiger partial charge in [0.05, 0.1) is 10.5 Å². The molecular formula is C24H22N2O6S. The number of hydrogen-bond donors (Lipinski definition) is 2. The molecule has 1 unspecified atom stereocenters. The fourth-order valence-electron chi connectivity index (χ4n) is 3.90. The maximum atomic E-state index is 13.2. The summed E-state index contributed by atoms with van der Waals surface area (Å²) in [6.07, 6.45) is 0. The van der Waals surface area contributed by atoms with Crippen molar-refractivity contribution in [2.75, 3.05) is 4.90 Å². The van der Waals surface area contributed by atoms with Gasteiger partial charge in [-0.1, -0.05) is 17.7 Å². The van der Waals surface area contributed by atoms with Crippen LogP contribution in [0, 0.1) is 20.8 Å². The number of nitrogens with zero attached hydrogens (tertiary/aromatic N) is 1. The van der Waals surface area contributed by atoms with Gasteiger partial charge >= 0.3 is 0 Å². The topological polar surface area (TPSA) is 131 Å². The van der Waals surface area contributed by atoms with E-state index >= 15 is 0 Å². The summed E-state index contributed by atoms with van der Waals surface area (Å²) in [7, 11) is -3.94. The van der Waals surface area contributed by atoms with E-state index in [-0.39, 0.29) is 27.7 Å². The summed E-state index contributed by atoms with van der Waals surface area (Å²) in [5, 5.41) is 16.4. The average molecular weight is 467 g/mol. The fourth-order valence-corrected chi connectivity index (χ4v) is 4.42. The third-order valence-corrected chi connectivity index (χ3v) is 6.50. The van der Waals surface area contributed by atoms with E-state index in [1.807, 2.05) is 19.1 Å². The van der Waals surface area contributed by atoms with Crippen molar-refractivity contribution in [1.82, 2.24) is 0 Å². The molecule has 2 aromatic carbocycles. The zero-order chi connectivity index (χ0) is 24.1. The van der Waals surface area contributed by atoms with Crippen LogP contribution in [0.1, 0.15) is 34.3 Å². The highest BCUT2D eigenvalue weighted by molar-refractivity contribution is 7.89. The highest BCUT2D eigenvalue weighted by Crippen LogP contribution is 2.43. The minimum Gasteiger partial charge on any atom is -0.507 e. The molecule has 9 heteroatoms. The molecule has 0 radical (unpaired) electrons. The Balaban J connectivity index is 1.94. The maximum Gasteiger partial charge on any atom is 0.300 e. The van der Waals surface area contributed by atoms with Crippen molar-refractivity contribution in [1.29, 1.82) is 0 Å². The number of Topliss-reactive ketones (excluding diaryl/α,β-unsaturated/α-hetero) is 1. The molecule has 8 nitrogen and oxygen atoms in total. The average Bonchev–Trinajstić information content (AvgIpc) is 3.30. The Morgan fingerprint density at radius 2 is 1.67 bits per heavy atom. The molecule has 0 saturated carbocycles. The number of sulfonamides is 1. The van der Waals surface area contributed by atoms with Crippen LogP contribution in [0.4, 0.5) is 5.69 Å². The Morgan fingerprint density at radius 3 is 2.24 bits per heavy atom. The molecule has 33 heavy (non-hydrogen) atoms. The van der Waals surface area contributed by atoms with Gasteiger partial charge in [0.2, 0.25) is 10.0 Å². The second-order valence-corrected chi connectivity index (χ2v) is 9.54. The smallest absolute Gasteiger partial charge is 0.300 e. The van der Waals surface area contributed by atoms with E-state index in [9.17, 15) is 23.1 Å². The number of furan rings is 1. The monoisotopic (exact) mass is 466 g/mol. The normalized spacial score (nSPS) is 18.2. The van der Waals surface area contributed by atoms with E-state index in [0.717, 1.165) is 11.1 Å². The summed E-state index contributed by atoms with van der Waals surface area (Å²) < 4.78 is 29.0. The maximum absolute atomic E-state index is 13.2. The first-order valence-electron chi connectivity index (χ1n) is 10.1. The van der Waals surface area contributed by atoms with E-state index < -0.39 is 27.8 Å². The van der Waals surface area contributed by atoms with Gasteiger partial charge in [0.1, 0.15) is 23.3 Å². The van der Waals surface area contributed by atoms with E-state index in [4.69, 9.17) is 9.56 Å². The van der Waals surface area contributed by atoms with Gasteiger partial charge in [-0.25, -0.2) is 13.6 Å². The van der Waals surface area contributed by atoms with Crippen molar-refractivity contribution >= 4 is 33.2 Å². The Bertz CT molecular complexity index is 1420. The summed E-state index contributed by atoms with van der Waals surface area (Å²) >= 11 is 0. The number of aryl methyl sites for hydroxylation is 3. The summed E-state index contributed by atoms with van der Waals surface area (Å²) in [6.45, 7) is 5.37. The van der Waals surface area contributed by atoms with Crippen molar-refractivity contribution in [3.05, 3.63) is 88.4 Å². The number of aliphatic hydroxyl groups is 1. The van der Waals surface area contributed by atoms with Gasteiger partial charge in [-0.3, -0.25) is 14.5 Å². The van der Waals surface area contributed by atoms with E-state index in [1.54, 1.807) is 32.0 Å². The van der Waals surface area contributed by atoms with Crippen LogP contribution in [0.15, 0.2) is 69.5 Å². The number of anilines is 1. The van der Waals surface area contributed by atoms with Crippen LogP contribution in [0.3, 0.4) is 0 Å². The molecule has 1 atom stereocenters. The van der Waals surface area contributed by atoms with E-state index in [1.165, 1.54) is 29.2 Å². The van der Waals surface area contributed by atoms with Crippen molar-refractivity contribution < 1.29 is 27.5 Å². The van der Waals surface area contributed by atoms with Crippen LogP contribution in [0.25, 0.3) is 5.76 Å². The molecule has 0 bridgehead atoms. The van der Waals surface area contributed by atoms with Crippen LogP contribution < -0.4 is 10.0 Å². The van der Waals surface area contributed by atoms with Crippen molar-refractivity contribution in [3.63, 3.8) is 0 Å². The second kappa shape index (κ2) is 8.02. The Morgan fingerprint density at radius 1 is 1.00 bits per heavy atom. The third kappa shape index (κ3) is 3.96. The van der Waals surface area contributed by atoms with Gasteiger partial charge in [0, 0.05) is 11.3 Å². The zero-order valence-corrected chi connectivity index (χ0v) is 19.0. The number of primary sulfonamides is 1. The molecule has 0 spiro atoms. The lowest BCUT2D eigenvalue weighted by Crippen LogP contribution is -2.29. The molecule has 170 valence electrons. The predicted molar refractivity (Wildman–Crippen MR) is 122 cm³/mol. The number of rotatable bonds is 4. The summed E-state index contributed by atoms with van der Waals surface area (Å²) in [6, 6.07) is 13.0. The molecule has 4 rings (SSSR count). The van der Waals surface area contributed by atoms with Gasteiger partial charge in [0.15, 0.2) is 0 Å². The second-order valence-electron chi connectivity index (χ2n) is 7.97. The predicted octanol–water partition coefficient (Wildman–Crippen LogP) is 3.48. The molecule has 3 aromatic rings. The van der Waals surface area contributed by atoms with Gasteiger partial charge in [-0.2, -0.15) is 0 Å². The van der Waals surface area contributed by atoms with Crippen molar-refractivity contribution in [3.8, 4) is 0 Å². The van der Waals surface area contributed by atoms with Gasteiger partial charge in [-0.05, 0) is 68.8 Å². The van der Waals surface area contributed by atoms with Gasteiger partial charge in [-0.15, -0.1) is 0 Å². The Labute approximate surface area is 191 Å². The zero-order valence-electron chi connectivity index (χ0n) is 18.2. The summed E-state index contributed by atoms with van der Waals surface area (Å²) in [5.41, 5.74) is 2.18. The number of aliphatic hydroxyl groups excluding tert-OH is 1. The fraction of sp³-hybridized carbons (Fsp3) is 0.167. The SMILES string of the molecule is Cc1ccc(C)c(/C(O)=C2/C(=O)C(=O)N(c3ccc(S(N)(=O)=O)cc3)C2c2ccc(C)o2)c1. The first-order chi connectivity index (χ1) is 15.5. The lowest BCUT2D eigenvalue weighted by atomic mass is 9.96. The minimum absolute atomic E-state index is 0.112. The number of amides is 1. The summed E-state index contributed by atoms with van der Waals surface area (Å²) in [5.74, 6) is -1.20. The van der Waals surface area contributed by atoms with Gasteiger partial charge in [0.25, 0.3) is 11.7 Å². The number of ketones is 1. The first kappa shape index (κ1) is 22.5. The standard InChI is InChI=1S/C24H22N2O6S/c1-13-4-5-14(2)18(12-13)22(27)20-21(19-11-6-15(3)32-19)26(24(29)23(20)28)16-7-9-17(10-8-16)33(25,30)31/h4-12,21,27H,1-3H3,(H2,25,30,31)/b22-20-. The third-order valence-electron chi connectivity index (χ3n) is 5.57. The lowest BCUT2D eigenvalue weighted by molar-refractivity contribution is -0.132. The number of hydrogen-bond acceptors (Lipinski definition) is 6. The van der Waals surface area contributed by atoms with Crippen molar-refractivity contribution in [2.24, 2.45) is 5.14 Å². The molecule has 3 N–H and O–H groups in total. The van der Waals surface area contributed by atoms with Crippen LogP contribution in [-0.4, -0.2) is 25.2 Å². The highest BCUT2D eigenvalue weighted by Gasteiger charge is 2.48. The molecule has 1 aromatic heterocycles. The molecular weight excluding hydrogens is 444 g/mol.